The Labute approximate surface area is 220 Å². The van der Waals surface area contributed by atoms with Crippen molar-refractivity contribution < 1.29 is 24.2 Å². The van der Waals surface area contributed by atoms with Crippen molar-refractivity contribution in [1.29, 1.82) is 0 Å². The Morgan fingerprint density at radius 1 is 0.895 bits per heavy atom. The van der Waals surface area contributed by atoms with Gasteiger partial charge in [-0.05, 0) is 72.1 Å². The summed E-state index contributed by atoms with van der Waals surface area (Å²) in [4.78, 5) is 28.5. The van der Waals surface area contributed by atoms with Crippen LogP contribution in [0.3, 0.4) is 0 Å². The van der Waals surface area contributed by atoms with Crippen molar-refractivity contribution in [1.82, 2.24) is 0 Å². The Balaban J connectivity index is 1.51. The molecule has 4 aromatic carbocycles. The minimum atomic E-state index is -0.847. The van der Waals surface area contributed by atoms with Crippen molar-refractivity contribution in [3.05, 3.63) is 125 Å². The first-order valence-corrected chi connectivity index (χ1v) is 12.5. The van der Waals surface area contributed by atoms with Crippen molar-refractivity contribution in [2.75, 3.05) is 11.5 Å². The second-order valence-electron chi connectivity index (χ2n) is 9.36. The van der Waals surface area contributed by atoms with Crippen molar-refractivity contribution >= 4 is 23.1 Å². The minimum absolute atomic E-state index is 0.0361. The van der Waals surface area contributed by atoms with Crippen molar-refractivity contribution in [3.8, 4) is 17.2 Å². The maximum Gasteiger partial charge on any atom is 0.300 e. The summed E-state index contributed by atoms with van der Waals surface area (Å²) in [5.74, 6) is 0.348. The maximum absolute atomic E-state index is 13.5. The molecule has 0 spiro atoms. The molecule has 0 aliphatic carbocycles. The Morgan fingerprint density at radius 2 is 1.66 bits per heavy atom. The lowest BCUT2D eigenvalue weighted by Crippen LogP contribution is -2.30. The van der Waals surface area contributed by atoms with Crippen LogP contribution in [0, 0.1) is 6.92 Å². The minimum Gasteiger partial charge on any atom is -0.507 e. The van der Waals surface area contributed by atoms with Gasteiger partial charge in [0.1, 0.15) is 23.0 Å². The monoisotopic (exact) mass is 503 g/mol. The predicted molar refractivity (Wildman–Crippen MR) is 145 cm³/mol. The van der Waals surface area contributed by atoms with E-state index in [9.17, 15) is 14.7 Å². The number of aliphatic hydroxyl groups excluding tert-OH is 1. The van der Waals surface area contributed by atoms with Gasteiger partial charge in [0, 0.05) is 17.7 Å². The number of rotatable bonds is 5. The topological polar surface area (TPSA) is 76.1 Å². The van der Waals surface area contributed by atoms with Gasteiger partial charge in [-0.2, -0.15) is 0 Å². The largest absolute Gasteiger partial charge is 0.507 e. The lowest BCUT2D eigenvalue weighted by molar-refractivity contribution is -0.132. The SMILES string of the molecule is Cc1ccccc1N1C(=O)C(=O)/C(=C(\O)c2ccc3c(c2)CCO3)C1c1cccc(Oc2ccccc2)c1. The van der Waals surface area contributed by atoms with E-state index in [0.717, 1.165) is 23.3 Å². The third-order valence-electron chi connectivity index (χ3n) is 6.94. The smallest absolute Gasteiger partial charge is 0.300 e. The van der Waals surface area contributed by atoms with E-state index in [4.69, 9.17) is 9.47 Å². The summed E-state index contributed by atoms with van der Waals surface area (Å²) < 4.78 is 11.6. The zero-order valence-electron chi connectivity index (χ0n) is 20.8. The van der Waals surface area contributed by atoms with Crippen LogP contribution in [0.25, 0.3) is 5.76 Å². The van der Waals surface area contributed by atoms with Crippen LogP contribution in [-0.2, 0) is 16.0 Å². The highest BCUT2D eigenvalue weighted by Crippen LogP contribution is 2.44. The molecule has 0 aromatic heterocycles. The Morgan fingerprint density at radius 3 is 2.47 bits per heavy atom. The number of benzene rings is 4. The molecule has 0 saturated carbocycles. The van der Waals surface area contributed by atoms with Gasteiger partial charge in [-0.25, -0.2) is 0 Å². The van der Waals surface area contributed by atoms with Gasteiger partial charge in [0.2, 0.25) is 0 Å². The normalized spacial score (nSPS) is 17.8. The third kappa shape index (κ3) is 4.10. The van der Waals surface area contributed by atoms with E-state index in [-0.39, 0.29) is 11.3 Å². The molecule has 1 unspecified atom stereocenters. The lowest BCUT2D eigenvalue weighted by atomic mass is 9.94. The van der Waals surface area contributed by atoms with Crippen molar-refractivity contribution in [2.24, 2.45) is 0 Å². The second kappa shape index (κ2) is 9.56. The molecule has 2 heterocycles. The molecule has 1 fully saturated rings. The summed E-state index contributed by atoms with van der Waals surface area (Å²) in [5.41, 5.74) is 3.55. The Hall–Kier alpha value is -4.84. The number of aliphatic hydroxyl groups is 1. The number of anilines is 1. The molecule has 2 aliphatic heterocycles. The number of ketones is 1. The first kappa shape index (κ1) is 23.6. The fraction of sp³-hybridized carbons (Fsp3) is 0.125. The van der Waals surface area contributed by atoms with Crippen molar-refractivity contribution in [3.63, 3.8) is 0 Å². The highest BCUT2D eigenvalue weighted by Gasteiger charge is 2.47. The summed E-state index contributed by atoms with van der Waals surface area (Å²) >= 11 is 0. The van der Waals surface area contributed by atoms with Gasteiger partial charge in [0.05, 0.1) is 18.2 Å². The van der Waals surface area contributed by atoms with E-state index in [1.165, 1.54) is 4.90 Å². The number of ether oxygens (including phenoxy) is 2. The van der Waals surface area contributed by atoms with Crippen LogP contribution in [0.2, 0.25) is 0 Å². The van der Waals surface area contributed by atoms with E-state index in [2.05, 4.69) is 0 Å². The molecule has 6 nitrogen and oxygen atoms in total. The molecule has 1 N–H and O–H groups in total. The number of aryl methyl sites for hydroxylation is 1. The molecule has 1 amide bonds. The third-order valence-corrected chi connectivity index (χ3v) is 6.94. The molecule has 188 valence electrons. The average molecular weight is 504 g/mol. The van der Waals surface area contributed by atoms with Crippen LogP contribution in [0.4, 0.5) is 5.69 Å². The van der Waals surface area contributed by atoms with Gasteiger partial charge in [0.25, 0.3) is 11.7 Å². The Kier molecular flexibility index (Phi) is 5.92. The first-order valence-electron chi connectivity index (χ1n) is 12.5. The molecule has 0 radical (unpaired) electrons. The molecule has 4 aromatic rings. The molecule has 6 heteroatoms. The van der Waals surface area contributed by atoms with E-state index in [1.54, 1.807) is 18.2 Å². The first-order chi connectivity index (χ1) is 18.5. The van der Waals surface area contributed by atoms with Crippen LogP contribution in [0.5, 0.6) is 17.2 Å². The zero-order valence-corrected chi connectivity index (χ0v) is 20.8. The standard InChI is InChI=1S/C32H25NO5/c1-20-8-5-6-13-26(20)33-29(22-9-7-12-25(19-22)38-24-10-3-2-4-11-24)28(31(35)32(33)36)30(34)23-14-15-27-21(18-23)16-17-37-27/h2-15,18-19,29,34H,16-17H2,1H3/b30-28-. The molecule has 38 heavy (non-hydrogen) atoms. The summed E-state index contributed by atoms with van der Waals surface area (Å²) in [6.07, 6.45) is 0.719. The highest BCUT2D eigenvalue weighted by atomic mass is 16.5. The molecule has 1 atom stereocenters. The van der Waals surface area contributed by atoms with Gasteiger partial charge < -0.3 is 14.6 Å². The van der Waals surface area contributed by atoms with Gasteiger partial charge in [0.15, 0.2) is 0 Å². The lowest BCUT2D eigenvalue weighted by Gasteiger charge is -2.27. The van der Waals surface area contributed by atoms with Gasteiger partial charge in [-0.1, -0.05) is 48.5 Å². The van der Waals surface area contributed by atoms with Crippen LogP contribution >= 0.6 is 0 Å². The van der Waals surface area contributed by atoms with Gasteiger partial charge in [-0.3, -0.25) is 14.5 Å². The number of carbonyl (C=O) groups is 2. The fourth-order valence-corrected chi connectivity index (χ4v) is 5.09. The maximum atomic E-state index is 13.5. The number of hydrogen-bond acceptors (Lipinski definition) is 5. The summed E-state index contributed by atoms with van der Waals surface area (Å²) in [6.45, 7) is 2.46. The number of para-hydroxylation sites is 2. The predicted octanol–water partition coefficient (Wildman–Crippen LogP) is 6.35. The van der Waals surface area contributed by atoms with E-state index in [0.29, 0.717) is 34.9 Å². The summed E-state index contributed by atoms with van der Waals surface area (Å²) in [6, 6.07) is 28.5. The number of hydrogen-bond donors (Lipinski definition) is 1. The van der Waals surface area contributed by atoms with Crippen LogP contribution in [0.15, 0.2) is 103 Å². The van der Waals surface area contributed by atoms with Crippen LogP contribution in [0.1, 0.15) is 28.3 Å². The Bertz CT molecular complexity index is 1590. The molecule has 1 saturated heterocycles. The molecule has 0 bridgehead atoms. The van der Waals surface area contributed by atoms with Crippen LogP contribution < -0.4 is 14.4 Å². The van der Waals surface area contributed by atoms with E-state index in [1.807, 2.05) is 85.8 Å². The fourth-order valence-electron chi connectivity index (χ4n) is 5.09. The average Bonchev–Trinajstić information content (AvgIpc) is 3.51. The highest BCUT2D eigenvalue weighted by molar-refractivity contribution is 6.51. The number of carbonyl (C=O) groups excluding carboxylic acids is 2. The molecule has 6 rings (SSSR count). The quantitative estimate of drug-likeness (QED) is 0.195. The number of Topliss-reactive ketones (excluding diaryl/α,β-unsaturated/α-hetero) is 1. The number of nitrogens with zero attached hydrogens (tertiary/aromatic N) is 1. The number of fused-ring (bicyclic) bond motifs is 1. The van der Waals surface area contributed by atoms with E-state index >= 15 is 0 Å². The van der Waals surface area contributed by atoms with Gasteiger partial charge >= 0.3 is 0 Å². The second-order valence-corrected chi connectivity index (χ2v) is 9.36. The van der Waals surface area contributed by atoms with Crippen molar-refractivity contribution in [2.45, 2.75) is 19.4 Å². The summed E-state index contributed by atoms with van der Waals surface area (Å²) in [5, 5.41) is 11.5. The summed E-state index contributed by atoms with van der Waals surface area (Å²) in [7, 11) is 0. The van der Waals surface area contributed by atoms with E-state index < -0.39 is 17.7 Å². The van der Waals surface area contributed by atoms with Gasteiger partial charge in [-0.15, -0.1) is 0 Å². The number of amides is 1. The molecular formula is C32H25NO5. The molecule has 2 aliphatic rings. The zero-order chi connectivity index (χ0) is 26.2. The molecular weight excluding hydrogens is 478 g/mol. The van der Waals surface area contributed by atoms with Crippen LogP contribution in [-0.4, -0.2) is 23.4 Å².